The molecule has 0 aliphatic heterocycles. The van der Waals surface area contributed by atoms with Crippen LogP contribution < -0.4 is 10.6 Å². The number of carbonyl (C=O) groups is 1. The molecule has 0 spiro atoms. The van der Waals surface area contributed by atoms with Crippen LogP contribution in [0.15, 0.2) is 24.3 Å². The maximum Gasteiger partial charge on any atom is 0.220 e. The number of hydrogen-bond donors (Lipinski definition) is 2. The van der Waals surface area contributed by atoms with Gasteiger partial charge < -0.3 is 10.6 Å². The Balaban J connectivity index is 1.80. The second kappa shape index (κ2) is 6.55. The van der Waals surface area contributed by atoms with Gasteiger partial charge in [0, 0.05) is 12.5 Å². The van der Waals surface area contributed by atoms with Crippen LogP contribution in [0.1, 0.15) is 30.4 Å². The minimum absolute atomic E-state index is 0.189. The lowest BCUT2D eigenvalue weighted by molar-refractivity contribution is -0.121. The van der Waals surface area contributed by atoms with Crippen LogP contribution in [0.25, 0.3) is 0 Å². The highest BCUT2D eigenvalue weighted by Crippen LogP contribution is 2.20. The van der Waals surface area contributed by atoms with Crippen molar-refractivity contribution in [2.24, 2.45) is 0 Å². The molecule has 1 aliphatic rings. The molecular formula is C15H22N2O. The normalized spacial score (nSPS) is 18.2. The summed E-state index contributed by atoms with van der Waals surface area (Å²) in [7, 11) is 1.91. The molecule has 0 saturated heterocycles. The predicted molar refractivity (Wildman–Crippen MR) is 73.6 cm³/mol. The molecule has 1 amide bonds. The molecule has 0 saturated carbocycles. The smallest absolute Gasteiger partial charge is 0.220 e. The summed E-state index contributed by atoms with van der Waals surface area (Å²) in [5, 5.41) is 6.21. The van der Waals surface area contributed by atoms with Gasteiger partial charge in [0.1, 0.15) is 0 Å². The topological polar surface area (TPSA) is 41.1 Å². The molecule has 0 fully saturated rings. The summed E-state index contributed by atoms with van der Waals surface area (Å²) < 4.78 is 0. The van der Waals surface area contributed by atoms with Crippen molar-refractivity contribution < 1.29 is 4.79 Å². The molecule has 1 atom stereocenters. The molecule has 0 bridgehead atoms. The van der Waals surface area contributed by atoms with Crippen molar-refractivity contribution >= 4 is 5.91 Å². The van der Waals surface area contributed by atoms with Gasteiger partial charge in [-0.25, -0.2) is 0 Å². The number of aryl methyl sites for hydroxylation is 1. The first-order valence-electron chi connectivity index (χ1n) is 6.80. The summed E-state index contributed by atoms with van der Waals surface area (Å²) >= 11 is 0. The third-order valence-corrected chi connectivity index (χ3v) is 3.54. The molecule has 2 rings (SSSR count). The number of nitrogens with one attached hydrogen (secondary N) is 2. The van der Waals surface area contributed by atoms with Gasteiger partial charge >= 0.3 is 0 Å². The van der Waals surface area contributed by atoms with Gasteiger partial charge in [0.05, 0.1) is 0 Å². The van der Waals surface area contributed by atoms with Crippen LogP contribution in [0.4, 0.5) is 0 Å². The molecule has 0 aromatic heterocycles. The standard InChI is InChI=1S/C15H22N2O/c1-16-10-4-7-15(18)17-14-9-8-12-5-2-3-6-13(12)11-14/h2-3,5-6,14,16H,4,7-11H2,1H3,(H,17,18). The minimum atomic E-state index is 0.189. The molecule has 0 heterocycles. The van der Waals surface area contributed by atoms with E-state index in [4.69, 9.17) is 0 Å². The number of hydrogen-bond acceptors (Lipinski definition) is 2. The lowest BCUT2D eigenvalue weighted by atomic mass is 9.88. The summed E-state index contributed by atoms with van der Waals surface area (Å²) in [6.45, 7) is 0.904. The van der Waals surface area contributed by atoms with Crippen LogP contribution in [0.3, 0.4) is 0 Å². The van der Waals surface area contributed by atoms with Gasteiger partial charge in [0.2, 0.25) is 5.91 Å². The minimum Gasteiger partial charge on any atom is -0.353 e. The van der Waals surface area contributed by atoms with Crippen molar-refractivity contribution in [2.75, 3.05) is 13.6 Å². The first-order valence-corrected chi connectivity index (χ1v) is 6.80. The van der Waals surface area contributed by atoms with Gasteiger partial charge in [-0.05, 0) is 50.4 Å². The van der Waals surface area contributed by atoms with Crippen LogP contribution in [-0.4, -0.2) is 25.5 Å². The highest BCUT2D eigenvalue weighted by atomic mass is 16.1. The van der Waals surface area contributed by atoms with Crippen molar-refractivity contribution in [1.82, 2.24) is 10.6 Å². The SMILES string of the molecule is CNCCCC(=O)NC1CCc2ccccc2C1. The summed E-state index contributed by atoms with van der Waals surface area (Å²) in [5.41, 5.74) is 2.84. The van der Waals surface area contributed by atoms with Crippen LogP contribution in [0.2, 0.25) is 0 Å². The Morgan fingerprint density at radius 3 is 2.89 bits per heavy atom. The quantitative estimate of drug-likeness (QED) is 0.776. The van der Waals surface area contributed by atoms with E-state index in [-0.39, 0.29) is 5.91 Å². The van der Waals surface area contributed by atoms with Gasteiger partial charge in [0.25, 0.3) is 0 Å². The zero-order valence-electron chi connectivity index (χ0n) is 11.0. The van der Waals surface area contributed by atoms with Crippen molar-refractivity contribution in [3.8, 4) is 0 Å². The van der Waals surface area contributed by atoms with Crippen molar-refractivity contribution in [3.05, 3.63) is 35.4 Å². The Labute approximate surface area is 109 Å². The number of carbonyl (C=O) groups excluding carboxylic acids is 1. The van der Waals surface area contributed by atoms with Gasteiger partial charge in [-0.2, -0.15) is 0 Å². The van der Waals surface area contributed by atoms with E-state index < -0.39 is 0 Å². The zero-order valence-corrected chi connectivity index (χ0v) is 11.0. The van der Waals surface area contributed by atoms with E-state index >= 15 is 0 Å². The van der Waals surface area contributed by atoms with E-state index in [0.29, 0.717) is 12.5 Å². The van der Waals surface area contributed by atoms with Crippen molar-refractivity contribution in [1.29, 1.82) is 0 Å². The monoisotopic (exact) mass is 246 g/mol. The summed E-state index contributed by atoms with van der Waals surface area (Å²) in [6.07, 6.45) is 4.66. The van der Waals surface area contributed by atoms with Crippen LogP contribution in [0.5, 0.6) is 0 Å². The molecule has 1 unspecified atom stereocenters. The average Bonchev–Trinajstić information content (AvgIpc) is 2.39. The first kappa shape index (κ1) is 13.1. The Hall–Kier alpha value is -1.35. The summed E-state index contributed by atoms with van der Waals surface area (Å²) in [6, 6.07) is 8.86. The molecule has 98 valence electrons. The fourth-order valence-electron chi connectivity index (χ4n) is 2.55. The van der Waals surface area contributed by atoms with E-state index in [1.54, 1.807) is 0 Å². The molecule has 1 aromatic rings. The maximum absolute atomic E-state index is 11.8. The van der Waals surface area contributed by atoms with Crippen LogP contribution >= 0.6 is 0 Å². The number of fused-ring (bicyclic) bond motifs is 1. The third-order valence-electron chi connectivity index (χ3n) is 3.54. The molecule has 1 aromatic carbocycles. The van der Waals surface area contributed by atoms with Gasteiger partial charge in [-0.3, -0.25) is 4.79 Å². The lowest BCUT2D eigenvalue weighted by Crippen LogP contribution is -2.38. The fraction of sp³-hybridized carbons (Fsp3) is 0.533. The number of benzene rings is 1. The van der Waals surface area contributed by atoms with E-state index in [0.717, 1.165) is 32.2 Å². The average molecular weight is 246 g/mol. The molecule has 18 heavy (non-hydrogen) atoms. The van der Waals surface area contributed by atoms with E-state index in [9.17, 15) is 4.79 Å². The maximum atomic E-state index is 11.8. The Bertz CT molecular complexity index is 403. The molecule has 3 nitrogen and oxygen atoms in total. The van der Waals surface area contributed by atoms with E-state index in [2.05, 4.69) is 34.9 Å². The molecular weight excluding hydrogens is 224 g/mol. The lowest BCUT2D eigenvalue weighted by Gasteiger charge is -2.25. The first-order chi connectivity index (χ1) is 8.79. The van der Waals surface area contributed by atoms with Crippen LogP contribution in [0, 0.1) is 0 Å². The molecule has 0 radical (unpaired) electrons. The van der Waals surface area contributed by atoms with Gasteiger partial charge in [0.15, 0.2) is 0 Å². The fourth-order valence-corrected chi connectivity index (χ4v) is 2.55. The predicted octanol–water partition coefficient (Wildman–Crippen LogP) is 1.66. The highest BCUT2D eigenvalue weighted by Gasteiger charge is 2.19. The summed E-state index contributed by atoms with van der Waals surface area (Å²) in [4.78, 5) is 11.8. The van der Waals surface area contributed by atoms with Gasteiger partial charge in [-0.15, -0.1) is 0 Å². The number of rotatable bonds is 5. The second-order valence-corrected chi connectivity index (χ2v) is 4.98. The summed E-state index contributed by atoms with van der Waals surface area (Å²) in [5.74, 6) is 0.189. The Morgan fingerprint density at radius 2 is 2.11 bits per heavy atom. The molecule has 2 N–H and O–H groups in total. The highest BCUT2D eigenvalue weighted by molar-refractivity contribution is 5.76. The zero-order chi connectivity index (χ0) is 12.8. The number of amides is 1. The third kappa shape index (κ3) is 3.57. The molecule has 1 aliphatic carbocycles. The Morgan fingerprint density at radius 1 is 1.33 bits per heavy atom. The molecule has 3 heteroatoms. The van der Waals surface area contributed by atoms with E-state index in [1.165, 1.54) is 11.1 Å². The van der Waals surface area contributed by atoms with E-state index in [1.807, 2.05) is 7.05 Å². The van der Waals surface area contributed by atoms with Gasteiger partial charge in [-0.1, -0.05) is 24.3 Å². The van der Waals surface area contributed by atoms with Crippen molar-refractivity contribution in [3.63, 3.8) is 0 Å². The second-order valence-electron chi connectivity index (χ2n) is 4.98. The largest absolute Gasteiger partial charge is 0.353 e. The van der Waals surface area contributed by atoms with Crippen molar-refractivity contribution in [2.45, 2.75) is 38.1 Å². The Kier molecular flexibility index (Phi) is 4.76. The van der Waals surface area contributed by atoms with Crippen LogP contribution in [-0.2, 0) is 17.6 Å².